The van der Waals surface area contributed by atoms with Crippen molar-refractivity contribution < 1.29 is 29.3 Å². The first-order chi connectivity index (χ1) is 17.9. The lowest BCUT2D eigenvalue weighted by atomic mass is 10.2. The molecule has 1 fully saturated rings. The molecule has 198 valence electrons. The molecular weight excluding hydrogens is 478 g/mol. The van der Waals surface area contributed by atoms with Gasteiger partial charge in [0.05, 0.1) is 24.9 Å². The number of carboxylic acid groups (broad SMARTS) is 2. The monoisotopic (exact) mass is 511 g/mol. The maximum absolute atomic E-state index is 11.5. The molecule has 0 radical (unpaired) electrons. The highest BCUT2D eigenvalue weighted by Crippen LogP contribution is 2.28. The number of unbranched alkanes of at least 4 members (excludes halogenated alkanes) is 2. The molecule has 2 aromatic carbocycles. The Kier molecular flexibility index (Phi) is 10.3. The number of hydrogen-bond acceptors (Lipinski definition) is 7. The maximum Gasteiger partial charge on any atom is 0.414 e. The molecule has 2 heterocycles. The quantitative estimate of drug-likeness (QED) is 0.293. The second-order valence-corrected chi connectivity index (χ2v) is 8.59. The normalized spacial score (nSPS) is 13.5. The molecule has 1 aliphatic rings. The van der Waals surface area contributed by atoms with E-state index in [1.165, 1.54) is 12.1 Å². The van der Waals surface area contributed by atoms with Crippen molar-refractivity contribution in [3.05, 3.63) is 65.0 Å². The highest BCUT2D eigenvalue weighted by molar-refractivity contribution is 6.27. The van der Waals surface area contributed by atoms with Gasteiger partial charge in [-0.15, -0.1) is 0 Å². The van der Waals surface area contributed by atoms with Crippen LogP contribution in [0.2, 0.25) is 0 Å². The number of aromatic amines is 1. The van der Waals surface area contributed by atoms with Gasteiger partial charge in [0.15, 0.2) is 0 Å². The first-order valence-electron chi connectivity index (χ1n) is 12.2. The SMILES string of the molecule is COc1ccccc1N1CCN(CCCCCOc2ccc3ccc(=O)[nH]c3c2)CC1.O=C(O)C(=O)O. The van der Waals surface area contributed by atoms with Gasteiger partial charge in [0.1, 0.15) is 11.5 Å². The fraction of sp³-hybridized carbons (Fsp3) is 0.370. The van der Waals surface area contributed by atoms with Crippen LogP contribution in [-0.2, 0) is 9.59 Å². The summed E-state index contributed by atoms with van der Waals surface area (Å²) in [6.45, 7) is 6.08. The summed E-state index contributed by atoms with van der Waals surface area (Å²) in [4.78, 5) is 37.5. The first-order valence-corrected chi connectivity index (χ1v) is 12.2. The van der Waals surface area contributed by atoms with E-state index in [1.807, 2.05) is 36.4 Å². The van der Waals surface area contributed by atoms with Gasteiger partial charge in [0, 0.05) is 38.3 Å². The van der Waals surface area contributed by atoms with E-state index in [2.05, 4.69) is 26.9 Å². The lowest BCUT2D eigenvalue weighted by Gasteiger charge is -2.36. The molecule has 3 aromatic rings. The number of carboxylic acids is 2. The highest BCUT2D eigenvalue weighted by atomic mass is 16.5. The molecular formula is C27H33N3O7. The lowest BCUT2D eigenvalue weighted by Crippen LogP contribution is -2.46. The third-order valence-corrected chi connectivity index (χ3v) is 6.07. The largest absolute Gasteiger partial charge is 0.495 e. The Morgan fingerprint density at radius 1 is 0.919 bits per heavy atom. The van der Waals surface area contributed by atoms with Gasteiger partial charge in [-0.05, 0) is 61.5 Å². The van der Waals surface area contributed by atoms with Gasteiger partial charge >= 0.3 is 11.9 Å². The van der Waals surface area contributed by atoms with E-state index in [9.17, 15) is 4.79 Å². The van der Waals surface area contributed by atoms with Gasteiger partial charge in [0.2, 0.25) is 5.56 Å². The van der Waals surface area contributed by atoms with Gasteiger partial charge in [0.25, 0.3) is 0 Å². The van der Waals surface area contributed by atoms with Crippen molar-refractivity contribution in [3.63, 3.8) is 0 Å². The molecule has 10 heteroatoms. The van der Waals surface area contributed by atoms with Crippen LogP contribution in [0.15, 0.2) is 59.4 Å². The van der Waals surface area contributed by atoms with Crippen LogP contribution in [0.5, 0.6) is 11.5 Å². The molecule has 1 aromatic heterocycles. The minimum atomic E-state index is -1.82. The van der Waals surface area contributed by atoms with E-state index < -0.39 is 11.9 Å². The Hall–Kier alpha value is -4.05. The Balaban J connectivity index is 0.000000568. The van der Waals surface area contributed by atoms with Crippen molar-refractivity contribution in [2.24, 2.45) is 0 Å². The van der Waals surface area contributed by atoms with E-state index in [1.54, 1.807) is 13.2 Å². The van der Waals surface area contributed by atoms with Crippen molar-refractivity contribution in [1.82, 2.24) is 9.88 Å². The number of H-pyrrole nitrogens is 1. The summed E-state index contributed by atoms with van der Waals surface area (Å²) in [5.74, 6) is -1.89. The molecule has 0 bridgehead atoms. The molecule has 4 rings (SSSR count). The number of nitrogens with zero attached hydrogens (tertiary/aromatic N) is 2. The Morgan fingerprint density at radius 3 is 2.32 bits per heavy atom. The second kappa shape index (κ2) is 13.9. The highest BCUT2D eigenvalue weighted by Gasteiger charge is 2.19. The molecule has 0 atom stereocenters. The third kappa shape index (κ3) is 8.53. The van der Waals surface area contributed by atoms with E-state index >= 15 is 0 Å². The summed E-state index contributed by atoms with van der Waals surface area (Å²) in [5.41, 5.74) is 1.92. The van der Waals surface area contributed by atoms with Crippen LogP contribution < -0.4 is 19.9 Å². The number of fused-ring (bicyclic) bond motifs is 1. The number of ether oxygens (including phenoxy) is 2. The van der Waals surface area contributed by atoms with Crippen LogP contribution in [0, 0.1) is 0 Å². The van der Waals surface area contributed by atoms with Crippen molar-refractivity contribution in [3.8, 4) is 11.5 Å². The molecule has 10 nitrogen and oxygen atoms in total. The number of methoxy groups -OCH3 is 1. The van der Waals surface area contributed by atoms with Gasteiger partial charge < -0.3 is 29.6 Å². The summed E-state index contributed by atoms with van der Waals surface area (Å²) >= 11 is 0. The van der Waals surface area contributed by atoms with Crippen molar-refractivity contribution in [1.29, 1.82) is 0 Å². The number of benzene rings is 2. The number of pyridine rings is 1. The average molecular weight is 512 g/mol. The lowest BCUT2D eigenvalue weighted by molar-refractivity contribution is -0.159. The van der Waals surface area contributed by atoms with Crippen LogP contribution in [0.25, 0.3) is 10.9 Å². The van der Waals surface area contributed by atoms with Crippen LogP contribution in [0.1, 0.15) is 19.3 Å². The van der Waals surface area contributed by atoms with E-state index in [0.717, 1.165) is 68.0 Å². The standard InChI is InChI=1S/C25H31N3O3.C2H2O4/c1-30-24-8-4-3-7-23(24)28-16-14-27(15-17-28)13-5-2-6-18-31-21-11-9-20-10-12-25(29)26-22(20)19-21;3-1(4)2(5)6/h3-4,7-12,19H,2,5-6,13-18H2,1H3,(H,26,29);(H,3,4)(H,5,6). The van der Waals surface area contributed by atoms with Gasteiger partial charge in [-0.1, -0.05) is 12.1 Å². The Bertz CT molecular complexity index is 1220. The summed E-state index contributed by atoms with van der Waals surface area (Å²) in [6, 6.07) is 17.5. The number of aliphatic carboxylic acids is 2. The summed E-state index contributed by atoms with van der Waals surface area (Å²) in [7, 11) is 1.74. The fourth-order valence-electron chi connectivity index (χ4n) is 4.13. The molecule has 0 unspecified atom stereocenters. The van der Waals surface area contributed by atoms with Gasteiger partial charge in [-0.3, -0.25) is 9.69 Å². The van der Waals surface area contributed by atoms with Crippen molar-refractivity contribution in [2.75, 3.05) is 51.3 Å². The number of hydrogen-bond donors (Lipinski definition) is 3. The number of nitrogens with one attached hydrogen (secondary N) is 1. The number of carbonyl (C=O) groups is 2. The van der Waals surface area contributed by atoms with E-state index in [-0.39, 0.29) is 5.56 Å². The van der Waals surface area contributed by atoms with Crippen molar-refractivity contribution >= 4 is 28.5 Å². The average Bonchev–Trinajstić information content (AvgIpc) is 2.91. The van der Waals surface area contributed by atoms with Crippen LogP contribution >= 0.6 is 0 Å². The number of piperazine rings is 1. The van der Waals surface area contributed by atoms with Crippen LogP contribution in [0.3, 0.4) is 0 Å². The Labute approximate surface area is 215 Å². The maximum atomic E-state index is 11.5. The van der Waals surface area contributed by atoms with Gasteiger partial charge in [-0.25, -0.2) is 9.59 Å². The van der Waals surface area contributed by atoms with Crippen molar-refractivity contribution in [2.45, 2.75) is 19.3 Å². The molecule has 37 heavy (non-hydrogen) atoms. The van der Waals surface area contributed by atoms with Crippen LogP contribution in [-0.4, -0.2) is 78.5 Å². The van der Waals surface area contributed by atoms with E-state index in [4.69, 9.17) is 29.3 Å². The zero-order valence-electron chi connectivity index (χ0n) is 20.9. The summed E-state index contributed by atoms with van der Waals surface area (Å²) < 4.78 is 11.4. The summed E-state index contributed by atoms with van der Waals surface area (Å²) in [5, 5.41) is 15.8. The minimum Gasteiger partial charge on any atom is -0.495 e. The third-order valence-electron chi connectivity index (χ3n) is 6.07. The topological polar surface area (TPSA) is 132 Å². The molecule has 0 aliphatic carbocycles. The predicted molar refractivity (Wildman–Crippen MR) is 141 cm³/mol. The Morgan fingerprint density at radius 2 is 1.62 bits per heavy atom. The number of anilines is 1. The second-order valence-electron chi connectivity index (χ2n) is 8.59. The first kappa shape index (κ1) is 27.5. The number of rotatable bonds is 9. The molecule has 1 saturated heterocycles. The molecule has 0 saturated carbocycles. The molecule has 0 amide bonds. The minimum absolute atomic E-state index is 0.0895. The smallest absolute Gasteiger partial charge is 0.414 e. The predicted octanol–water partition coefficient (Wildman–Crippen LogP) is 3.06. The van der Waals surface area contributed by atoms with Gasteiger partial charge in [-0.2, -0.15) is 0 Å². The fourth-order valence-corrected chi connectivity index (χ4v) is 4.13. The molecule has 3 N–H and O–H groups in total. The van der Waals surface area contributed by atoms with Crippen LogP contribution in [0.4, 0.5) is 5.69 Å². The number of aromatic nitrogens is 1. The molecule has 0 spiro atoms. The summed E-state index contributed by atoms with van der Waals surface area (Å²) in [6.07, 6.45) is 3.37. The zero-order valence-corrected chi connectivity index (χ0v) is 20.9. The molecule has 1 aliphatic heterocycles. The number of para-hydroxylation sites is 2. The zero-order chi connectivity index (χ0) is 26.6. The van der Waals surface area contributed by atoms with E-state index in [0.29, 0.717) is 6.61 Å².